The Hall–Kier alpha value is -0.910. The molecule has 0 atom stereocenters. The van der Waals surface area contributed by atoms with E-state index in [0.29, 0.717) is 5.92 Å². The van der Waals surface area contributed by atoms with Crippen LogP contribution in [-0.4, -0.2) is 17.1 Å². The molecule has 5 heteroatoms. The zero-order valence-electron chi connectivity index (χ0n) is 10.3. The Balaban J connectivity index is 1.78. The van der Waals surface area contributed by atoms with Crippen molar-refractivity contribution in [2.24, 2.45) is 0 Å². The lowest BCUT2D eigenvalue weighted by atomic mass is 10.2. The second kappa shape index (κ2) is 4.99. The smallest absolute Gasteiger partial charge is 0.185 e. The SMILES string of the molecule is CN(Cc1ccsc1)c1nc(C2CC2)c(CO)s1. The second-order valence-electron chi connectivity index (χ2n) is 4.72. The predicted octanol–water partition coefficient (Wildman–Crippen LogP) is 3.21. The van der Waals surface area contributed by atoms with Gasteiger partial charge in [-0.1, -0.05) is 11.3 Å². The Morgan fingerprint density at radius 3 is 2.94 bits per heavy atom. The molecule has 3 rings (SSSR count). The summed E-state index contributed by atoms with van der Waals surface area (Å²) in [5.74, 6) is 0.603. The van der Waals surface area contributed by atoms with E-state index in [1.165, 1.54) is 18.4 Å². The number of nitrogens with zero attached hydrogens (tertiary/aromatic N) is 2. The van der Waals surface area contributed by atoms with E-state index in [-0.39, 0.29) is 6.61 Å². The van der Waals surface area contributed by atoms with Crippen LogP contribution in [0, 0.1) is 0 Å². The van der Waals surface area contributed by atoms with Gasteiger partial charge in [0, 0.05) is 19.5 Å². The van der Waals surface area contributed by atoms with E-state index in [1.54, 1.807) is 22.7 Å². The van der Waals surface area contributed by atoms with Crippen LogP contribution < -0.4 is 4.90 Å². The Morgan fingerprint density at radius 1 is 1.50 bits per heavy atom. The molecule has 0 spiro atoms. The summed E-state index contributed by atoms with van der Waals surface area (Å²) in [5, 5.41) is 14.7. The highest BCUT2D eigenvalue weighted by Gasteiger charge is 2.29. The molecule has 1 aliphatic carbocycles. The van der Waals surface area contributed by atoms with Crippen molar-refractivity contribution in [1.82, 2.24) is 4.98 Å². The standard InChI is InChI=1S/C13H16N2OS2/c1-15(6-9-4-5-17-8-9)13-14-12(10-2-3-10)11(7-16)18-13/h4-5,8,10,16H,2-3,6-7H2,1H3. The highest BCUT2D eigenvalue weighted by Crippen LogP contribution is 2.44. The molecule has 0 radical (unpaired) electrons. The van der Waals surface area contributed by atoms with Crippen molar-refractivity contribution in [3.8, 4) is 0 Å². The monoisotopic (exact) mass is 280 g/mol. The van der Waals surface area contributed by atoms with Crippen molar-refractivity contribution in [3.63, 3.8) is 0 Å². The fourth-order valence-corrected chi connectivity index (χ4v) is 3.65. The quantitative estimate of drug-likeness (QED) is 0.913. The molecule has 96 valence electrons. The molecule has 0 saturated heterocycles. The molecule has 0 amide bonds. The van der Waals surface area contributed by atoms with E-state index < -0.39 is 0 Å². The lowest BCUT2D eigenvalue weighted by Crippen LogP contribution is -2.15. The maximum atomic E-state index is 9.40. The minimum absolute atomic E-state index is 0.121. The van der Waals surface area contributed by atoms with E-state index in [2.05, 4.69) is 28.8 Å². The van der Waals surface area contributed by atoms with E-state index >= 15 is 0 Å². The molecule has 1 N–H and O–H groups in total. The summed E-state index contributed by atoms with van der Waals surface area (Å²) >= 11 is 3.35. The molecule has 1 aliphatic rings. The van der Waals surface area contributed by atoms with E-state index in [1.807, 2.05) is 0 Å². The van der Waals surface area contributed by atoms with E-state index in [0.717, 1.165) is 22.2 Å². The van der Waals surface area contributed by atoms with Crippen molar-refractivity contribution in [2.75, 3.05) is 11.9 Å². The highest BCUT2D eigenvalue weighted by molar-refractivity contribution is 7.15. The van der Waals surface area contributed by atoms with E-state index in [9.17, 15) is 5.11 Å². The van der Waals surface area contributed by atoms with Crippen molar-refractivity contribution in [2.45, 2.75) is 31.9 Å². The van der Waals surface area contributed by atoms with Gasteiger partial charge in [0.25, 0.3) is 0 Å². The van der Waals surface area contributed by atoms with Gasteiger partial charge in [-0.2, -0.15) is 11.3 Å². The number of aromatic nitrogens is 1. The Morgan fingerprint density at radius 2 is 2.33 bits per heavy atom. The normalized spacial score (nSPS) is 15.0. The topological polar surface area (TPSA) is 36.4 Å². The molecule has 2 heterocycles. The average Bonchev–Trinajstić information content (AvgIpc) is 2.92. The van der Waals surface area contributed by atoms with Crippen molar-refractivity contribution < 1.29 is 5.11 Å². The first-order valence-corrected chi connectivity index (χ1v) is 7.86. The minimum atomic E-state index is 0.121. The molecule has 0 aliphatic heterocycles. The number of thiophene rings is 1. The lowest BCUT2D eigenvalue weighted by Gasteiger charge is -2.14. The van der Waals surface area contributed by atoms with Crippen LogP contribution in [-0.2, 0) is 13.2 Å². The van der Waals surface area contributed by atoms with Crippen LogP contribution >= 0.6 is 22.7 Å². The van der Waals surface area contributed by atoms with Crippen LogP contribution in [0.3, 0.4) is 0 Å². The van der Waals surface area contributed by atoms with E-state index in [4.69, 9.17) is 4.98 Å². The molecule has 1 fully saturated rings. The number of aliphatic hydroxyl groups is 1. The van der Waals surface area contributed by atoms with Gasteiger partial charge in [-0.3, -0.25) is 0 Å². The summed E-state index contributed by atoms with van der Waals surface area (Å²) in [4.78, 5) is 7.92. The van der Waals surface area contributed by atoms with Gasteiger partial charge in [0.2, 0.25) is 0 Å². The number of anilines is 1. The Kier molecular flexibility index (Phi) is 3.37. The average molecular weight is 280 g/mol. The molecule has 2 aromatic heterocycles. The highest BCUT2D eigenvalue weighted by atomic mass is 32.1. The zero-order valence-corrected chi connectivity index (χ0v) is 11.9. The largest absolute Gasteiger partial charge is 0.391 e. The third kappa shape index (κ3) is 2.43. The molecule has 1 saturated carbocycles. The van der Waals surface area contributed by atoms with Crippen LogP contribution in [0.4, 0.5) is 5.13 Å². The molecule has 0 aromatic carbocycles. The zero-order chi connectivity index (χ0) is 12.5. The molecule has 18 heavy (non-hydrogen) atoms. The number of hydrogen-bond acceptors (Lipinski definition) is 5. The van der Waals surface area contributed by atoms with Crippen molar-refractivity contribution in [3.05, 3.63) is 33.0 Å². The van der Waals surface area contributed by atoms with Crippen LogP contribution in [0.5, 0.6) is 0 Å². The maximum absolute atomic E-state index is 9.40. The fraction of sp³-hybridized carbons (Fsp3) is 0.462. The summed E-state index contributed by atoms with van der Waals surface area (Å²) in [5.41, 5.74) is 2.45. The lowest BCUT2D eigenvalue weighted by molar-refractivity contribution is 0.284. The Labute approximate surface area is 115 Å². The second-order valence-corrected chi connectivity index (χ2v) is 6.57. The van der Waals surface area contributed by atoms with Crippen LogP contribution in [0.1, 0.15) is 34.9 Å². The van der Waals surface area contributed by atoms with Gasteiger partial charge in [0.15, 0.2) is 5.13 Å². The molecule has 2 aromatic rings. The van der Waals surface area contributed by atoms with Gasteiger partial charge in [0.1, 0.15) is 0 Å². The minimum Gasteiger partial charge on any atom is -0.391 e. The van der Waals surface area contributed by atoms with Gasteiger partial charge < -0.3 is 10.0 Å². The fourth-order valence-electron chi connectivity index (χ4n) is 2.03. The van der Waals surface area contributed by atoms with Gasteiger partial charge in [-0.25, -0.2) is 4.98 Å². The van der Waals surface area contributed by atoms with Crippen LogP contribution in [0.15, 0.2) is 16.8 Å². The Bertz CT molecular complexity index is 517. The number of hydrogen-bond donors (Lipinski definition) is 1. The van der Waals surface area contributed by atoms with Gasteiger partial charge in [-0.15, -0.1) is 0 Å². The van der Waals surface area contributed by atoms with Crippen LogP contribution in [0.25, 0.3) is 0 Å². The molecular weight excluding hydrogens is 264 g/mol. The first kappa shape index (κ1) is 12.1. The van der Waals surface area contributed by atoms with Crippen molar-refractivity contribution >= 4 is 27.8 Å². The third-order valence-corrected chi connectivity index (χ3v) is 5.05. The van der Waals surface area contributed by atoms with Gasteiger partial charge in [-0.05, 0) is 35.2 Å². The first-order valence-electron chi connectivity index (χ1n) is 6.10. The molecular formula is C13H16N2OS2. The summed E-state index contributed by atoms with van der Waals surface area (Å²) < 4.78 is 0. The van der Waals surface area contributed by atoms with Crippen LogP contribution in [0.2, 0.25) is 0 Å². The predicted molar refractivity (Wildman–Crippen MR) is 76.4 cm³/mol. The van der Waals surface area contributed by atoms with Gasteiger partial charge >= 0.3 is 0 Å². The summed E-state index contributed by atoms with van der Waals surface area (Å²) in [7, 11) is 2.06. The number of thiazole rings is 1. The molecule has 0 unspecified atom stereocenters. The molecule has 0 bridgehead atoms. The third-order valence-electron chi connectivity index (χ3n) is 3.15. The summed E-state index contributed by atoms with van der Waals surface area (Å²) in [6.07, 6.45) is 2.45. The maximum Gasteiger partial charge on any atom is 0.185 e. The number of rotatable bonds is 5. The first-order chi connectivity index (χ1) is 8.78. The molecule has 3 nitrogen and oxygen atoms in total. The summed E-state index contributed by atoms with van der Waals surface area (Å²) in [6, 6.07) is 2.14. The summed E-state index contributed by atoms with van der Waals surface area (Å²) in [6.45, 7) is 1.00. The van der Waals surface area contributed by atoms with Gasteiger partial charge in [0.05, 0.1) is 17.2 Å². The van der Waals surface area contributed by atoms with Crippen molar-refractivity contribution in [1.29, 1.82) is 0 Å². The number of aliphatic hydroxyl groups excluding tert-OH is 1.